The minimum absolute atomic E-state index is 0.0247. The van der Waals surface area contributed by atoms with Crippen molar-refractivity contribution in [3.8, 4) is 0 Å². The smallest absolute Gasteiger partial charge is 0.325 e. The lowest BCUT2D eigenvalue weighted by Crippen LogP contribution is -2.44. The van der Waals surface area contributed by atoms with Crippen molar-refractivity contribution in [3.63, 3.8) is 0 Å². The fourth-order valence-electron chi connectivity index (χ4n) is 2.87. The van der Waals surface area contributed by atoms with Crippen molar-refractivity contribution in [3.05, 3.63) is 71.8 Å². The molecule has 7 heteroatoms. The van der Waals surface area contributed by atoms with Crippen LogP contribution in [0.15, 0.2) is 60.7 Å². The molecule has 2 aromatic rings. The van der Waals surface area contributed by atoms with Crippen molar-refractivity contribution < 1.29 is 28.8 Å². The van der Waals surface area contributed by atoms with Crippen molar-refractivity contribution in [2.45, 2.75) is 44.5 Å². The van der Waals surface area contributed by atoms with Gasteiger partial charge in [-0.25, -0.2) is 0 Å². The maximum Gasteiger partial charge on any atom is 0.325 e. The Hall–Kier alpha value is -2.29. The number of hydrogen-bond acceptors (Lipinski definition) is 7. The summed E-state index contributed by atoms with van der Waals surface area (Å²) >= 11 is 0. The molecule has 4 unspecified atom stereocenters. The Kier molecular flexibility index (Phi) is 10.5. The summed E-state index contributed by atoms with van der Waals surface area (Å²) in [5.74, 6) is -0.552. The molecule has 3 N–H and O–H groups in total. The van der Waals surface area contributed by atoms with Crippen molar-refractivity contribution in [1.29, 1.82) is 0 Å². The Morgan fingerprint density at radius 2 is 1.47 bits per heavy atom. The summed E-state index contributed by atoms with van der Waals surface area (Å²) < 4.78 is 22.2. The van der Waals surface area contributed by atoms with E-state index in [-0.39, 0.29) is 13.2 Å². The highest BCUT2D eigenvalue weighted by atomic mass is 16.6. The molecule has 2 aromatic carbocycles. The molecule has 7 nitrogen and oxygen atoms in total. The van der Waals surface area contributed by atoms with Gasteiger partial charge in [0.25, 0.3) is 0 Å². The number of ether oxygens (including phenoxy) is 4. The van der Waals surface area contributed by atoms with Gasteiger partial charge in [0, 0.05) is 0 Å². The monoisotopic (exact) mass is 417 g/mol. The van der Waals surface area contributed by atoms with E-state index in [9.17, 15) is 9.90 Å². The molecule has 2 rings (SSSR count). The summed E-state index contributed by atoms with van der Waals surface area (Å²) in [6.45, 7) is 2.37. The highest BCUT2D eigenvalue weighted by Gasteiger charge is 2.29. The molecule has 0 bridgehead atoms. The third kappa shape index (κ3) is 8.22. The van der Waals surface area contributed by atoms with Gasteiger partial charge in [0.15, 0.2) is 0 Å². The number of carbonyl (C=O) groups is 1. The predicted octanol–water partition coefficient (Wildman–Crippen LogP) is 2.05. The van der Waals surface area contributed by atoms with Crippen LogP contribution in [0.25, 0.3) is 0 Å². The maximum absolute atomic E-state index is 11.5. The molecular weight excluding hydrogens is 386 g/mol. The lowest BCUT2D eigenvalue weighted by molar-refractivity contribution is -0.153. The molecule has 164 valence electrons. The fourth-order valence-corrected chi connectivity index (χ4v) is 2.87. The van der Waals surface area contributed by atoms with Crippen LogP contribution in [0.5, 0.6) is 0 Å². The average molecular weight is 418 g/mol. The second-order valence-electron chi connectivity index (χ2n) is 7.00. The minimum atomic E-state index is -0.889. The Labute approximate surface area is 177 Å². The van der Waals surface area contributed by atoms with Gasteiger partial charge in [-0.1, -0.05) is 60.7 Å². The van der Waals surface area contributed by atoms with Gasteiger partial charge in [0.2, 0.25) is 0 Å². The van der Waals surface area contributed by atoms with Crippen LogP contribution in [0.2, 0.25) is 0 Å². The molecule has 0 aliphatic heterocycles. The topological polar surface area (TPSA) is 100 Å². The van der Waals surface area contributed by atoms with Gasteiger partial charge < -0.3 is 29.8 Å². The Morgan fingerprint density at radius 3 is 1.97 bits per heavy atom. The zero-order valence-electron chi connectivity index (χ0n) is 17.5. The van der Waals surface area contributed by atoms with Crippen molar-refractivity contribution >= 4 is 5.97 Å². The van der Waals surface area contributed by atoms with E-state index < -0.39 is 30.3 Å². The zero-order chi connectivity index (χ0) is 21.8. The van der Waals surface area contributed by atoms with Crippen LogP contribution in [0, 0.1) is 0 Å². The first-order valence-electron chi connectivity index (χ1n) is 9.91. The summed E-state index contributed by atoms with van der Waals surface area (Å²) in [6.07, 6.45) is -2.01. The quantitative estimate of drug-likeness (QED) is 0.481. The predicted molar refractivity (Wildman–Crippen MR) is 113 cm³/mol. The van der Waals surface area contributed by atoms with Crippen molar-refractivity contribution in [2.75, 3.05) is 20.3 Å². The first kappa shape index (κ1) is 24.0. The lowest BCUT2D eigenvalue weighted by atomic mass is 10.1. The molecule has 0 spiro atoms. The molecule has 0 saturated heterocycles. The van der Waals surface area contributed by atoms with Gasteiger partial charge >= 0.3 is 5.97 Å². The van der Waals surface area contributed by atoms with E-state index in [1.54, 1.807) is 6.92 Å². The van der Waals surface area contributed by atoms with Crippen LogP contribution in [-0.2, 0) is 37.0 Å². The van der Waals surface area contributed by atoms with Gasteiger partial charge in [-0.2, -0.15) is 0 Å². The summed E-state index contributed by atoms with van der Waals surface area (Å²) in [7, 11) is 1.27. The van der Waals surface area contributed by atoms with Gasteiger partial charge in [-0.15, -0.1) is 0 Å². The van der Waals surface area contributed by atoms with E-state index in [0.29, 0.717) is 13.2 Å². The van der Waals surface area contributed by atoms with Gasteiger partial charge in [0.05, 0.1) is 39.6 Å². The van der Waals surface area contributed by atoms with Crippen LogP contribution in [-0.4, -0.2) is 55.8 Å². The van der Waals surface area contributed by atoms with E-state index in [4.69, 9.17) is 19.9 Å². The first-order chi connectivity index (χ1) is 14.5. The number of methoxy groups -OCH3 is 1. The third-order valence-corrected chi connectivity index (χ3v) is 4.52. The van der Waals surface area contributed by atoms with Crippen LogP contribution in [0.3, 0.4) is 0 Å². The normalized spacial score (nSPS) is 15.2. The first-order valence-corrected chi connectivity index (χ1v) is 9.91. The second-order valence-corrected chi connectivity index (χ2v) is 7.00. The number of benzene rings is 2. The number of carbonyl (C=O) groups excluding carboxylic acids is 1. The molecular formula is C23H31NO6. The third-order valence-electron chi connectivity index (χ3n) is 4.52. The largest absolute Gasteiger partial charge is 0.468 e. The molecule has 0 amide bonds. The van der Waals surface area contributed by atoms with Gasteiger partial charge in [-0.3, -0.25) is 4.79 Å². The summed E-state index contributed by atoms with van der Waals surface area (Å²) in [4.78, 5) is 11.5. The number of aliphatic hydroxyl groups is 1. The van der Waals surface area contributed by atoms with Crippen LogP contribution >= 0.6 is 0 Å². The van der Waals surface area contributed by atoms with E-state index in [1.165, 1.54) is 7.11 Å². The molecule has 4 atom stereocenters. The molecule has 0 aliphatic rings. The van der Waals surface area contributed by atoms with Gasteiger partial charge in [0.1, 0.15) is 18.2 Å². The number of nitrogens with two attached hydrogens (primary N) is 1. The highest BCUT2D eigenvalue weighted by Crippen LogP contribution is 2.16. The van der Waals surface area contributed by atoms with Crippen LogP contribution in [0.4, 0.5) is 0 Å². The SMILES string of the molecule is COC(=O)C(N)COCC(OCc1ccccc1)C(OCc1ccccc1)C(C)O. The van der Waals surface area contributed by atoms with Crippen molar-refractivity contribution in [1.82, 2.24) is 0 Å². The summed E-state index contributed by atoms with van der Waals surface area (Å²) in [6, 6.07) is 18.5. The molecule has 30 heavy (non-hydrogen) atoms. The Bertz CT molecular complexity index is 725. The molecule has 0 aromatic heterocycles. The number of aliphatic hydroxyl groups excluding tert-OH is 1. The Morgan fingerprint density at radius 1 is 0.933 bits per heavy atom. The van der Waals surface area contributed by atoms with E-state index >= 15 is 0 Å². The number of rotatable bonds is 13. The van der Waals surface area contributed by atoms with E-state index in [2.05, 4.69) is 4.74 Å². The zero-order valence-corrected chi connectivity index (χ0v) is 17.5. The summed E-state index contributed by atoms with van der Waals surface area (Å²) in [5, 5.41) is 10.3. The molecule has 0 radical (unpaired) electrons. The molecule has 0 saturated carbocycles. The Balaban J connectivity index is 2.02. The fraction of sp³-hybridized carbons (Fsp3) is 0.435. The highest BCUT2D eigenvalue weighted by molar-refractivity contribution is 5.75. The summed E-state index contributed by atoms with van der Waals surface area (Å²) in [5.41, 5.74) is 7.70. The maximum atomic E-state index is 11.5. The van der Waals surface area contributed by atoms with Crippen LogP contribution in [0.1, 0.15) is 18.1 Å². The molecule has 0 aliphatic carbocycles. The molecule has 0 heterocycles. The van der Waals surface area contributed by atoms with Crippen molar-refractivity contribution in [2.24, 2.45) is 5.73 Å². The van der Waals surface area contributed by atoms with E-state index in [0.717, 1.165) is 11.1 Å². The van der Waals surface area contributed by atoms with Gasteiger partial charge in [-0.05, 0) is 18.1 Å². The molecule has 0 fully saturated rings. The lowest BCUT2D eigenvalue weighted by Gasteiger charge is -2.30. The minimum Gasteiger partial charge on any atom is -0.468 e. The average Bonchev–Trinajstić information content (AvgIpc) is 2.77. The van der Waals surface area contributed by atoms with Crippen LogP contribution < -0.4 is 5.73 Å². The second kappa shape index (κ2) is 13.1. The standard InChI is InChI=1S/C23H31NO6/c1-17(25)22(30-14-19-11-7-4-8-12-19)21(16-28-15-20(24)23(26)27-2)29-13-18-9-5-3-6-10-18/h3-12,17,20-22,25H,13-16,24H2,1-2H3. The number of hydrogen-bond donors (Lipinski definition) is 2. The van der Waals surface area contributed by atoms with E-state index in [1.807, 2.05) is 60.7 Å². The number of esters is 1.